The fourth-order valence-electron chi connectivity index (χ4n) is 6.73. The molecule has 210 valence electrons. The van der Waals surface area contributed by atoms with Gasteiger partial charge in [-0.15, -0.1) is 11.3 Å². The van der Waals surface area contributed by atoms with Crippen molar-refractivity contribution in [2.75, 3.05) is 0 Å². The van der Waals surface area contributed by atoms with Crippen LogP contribution >= 0.6 is 11.3 Å². The average molecular weight is 595 g/mol. The van der Waals surface area contributed by atoms with Gasteiger partial charge >= 0.3 is 0 Å². The van der Waals surface area contributed by atoms with Crippen molar-refractivity contribution in [2.45, 2.75) is 0 Å². The summed E-state index contributed by atoms with van der Waals surface area (Å²) in [5.41, 5.74) is 10.9. The minimum Gasteiger partial charge on any atom is -0.455 e. The van der Waals surface area contributed by atoms with Crippen LogP contribution in [0.5, 0.6) is 0 Å². The zero-order chi connectivity index (χ0) is 29.5. The maximum atomic E-state index is 6.36. The van der Waals surface area contributed by atoms with Gasteiger partial charge in [-0.05, 0) is 41.5 Å². The van der Waals surface area contributed by atoms with Crippen molar-refractivity contribution in [2.24, 2.45) is 0 Å². The zero-order valence-corrected chi connectivity index (χ0v) is 24.6. The summed E-state index contributed by atoms with van der Waals surface area (Å²) >= 11 is 1.73. The summed E-state index contributed by atoms with van der Waals surface area (Å²) in [7, 11) is 0. The Morgan fingerprint density at radius 1 is 0.467 bits per heavy atom. The van der Waals surface area contributed by atoms with Gasteiger partial charge in [0.1, 0.15) is 28.7 Å². The van der Waals surface area contributed by atoms with Crippen molar-refractivity contribution in [3.05, 3.63) is 134 Å². The zero-order valence-electron chi connectivity index (χ0n) is 23.8. The van der Waals surface area contributed by atoms with Crippen molar-refractivity contribution in [3.8, 4) is 33.5 Å². The number of furan rings is 2. The SMILES string of the molecule is c1cc(-c2cccc3c2oc2ccccc23)cc(-c2ncnc3c2sc2ccc(-c4cccc5c4oc4ccccc45)cc23)c1. The Kier molecular flexibility index (Phi) is 5.12. The minimum atomic E-state index is 0.898. The molecule has 4 aromatic heterocycles. The van der Waals surface area contributed by atoms with Crippen LogP contribution in [0, 0.1) is 0 Å². The number of para-hydroxylation sites is 4. The maximum absolute atomic E-state index is 6.36. The molecule has 0 spiro atoms. The molecule has 0 amide bonds. The van der Waals surface area contributed by atoms with Crippen LogP contribution in [0.1, 0.15) is 0 Å². The molecule has 10 rings (SSSR count). The molecule has 0 saturated carbocycles. The van der Waals surface area contributed by atoms with E-state index in [0.717, 1.165) is 93.0 Å². The van der Waals surface area contributed by atoms with E-state index in [1.807, 2.05) is 24.3 Å². The van der Waals surface area contributed by atoms with E-state index in [1.54, 1.807) is 17.7 Å². The van der Waals surface area contributed by atoms with E-state index in [1.165, 1.54) is 4.70 Å². The fourth-order valence-corrected chi connectivity index (χ4v) is 7.88. The van der Waals surface area contributed by atoms with Gasteiger partial charge in [-0.2, -0.15) is 0 Å². The first-order valence-corrected chi connectivity index (χ1v) is 15.7. The Morgan fingerprint density at radius 3 is 1.78 bits per heavy atom. The largest absolute Gasteiger partial charge is 0.455 e. The number of fused-ring (bicyclic) bond motifs is 9. The van der Waals surface area contributed by atoms with E-state index in [9.17, 15) is 0 Å². The Hall–Kier alpha value is -5.78. The third kappa shape index (κ3) is 3.65. The molecule has 4 nitrogen and oxygen atoms in total. The highest BCUT2D eigenvalue weighted by Gasteiger charge is 2.18. The number of hydrogen-bond acceptors (Lipinski definition) is 5. The number of nitrogens with zero attached hydrogens (tertiary/aromatic N) is 2. The molecule has 0 radical (unpaired) electrons. The van der Waals surface area contributed by atoms with Gasteiger partial charge in [-0.3, -0.25) is 0 Å². The molecule has 0 aliphatic carbocycles. The highest BCUT2D eigenvalue weighted by molar-refractivity contribution is 7.26. The van der Waals surface area contributed by atoms with Crippen LogP contribution in [0.15, 0.2) is 143 Å². The quantitative estimate of drug-likeness (QED) is 0.204. The first-order chi connectivity index (χ1) is 22.3. The standard InChI is InChI=1S/C40H22N2O2S/c1-3-16-33-28(10-1)30-14-6-12-26(38(30)43-33)23-8-5-9-25(20-23)36-40-37(42-22-41-36)32-21-24(18-19-35(32)45-40)27-13-7-15-31-29-11-2-4-17-34(29)44-39(27)31/h1-22H. The van der Waals surface area contributed by atoms with Crippen molar-refractivity contribution in [1.82, 2.24) is 9.97 Å². The van der Waals surface area contributed by atoms with Gasteiger partial charge in [-0.25, -0.2) is 9.97 Å². The lowest BCUT2D eigenvalue weighted by Crippen LogP contribution is -1.87. The maximum Gasteiger partial charge on any atom is 0.143 e. The van der Waals surface area contributed by atoms with Gasteiger partial charge in [0.2, 0.25) is 0 Å². The topological polar surface area (TPSA) is 52.1 Å². The van der Waals surface area contributed by atoms with Crippen molar-refractivity contribution < 1.29 is 8.83 Å². The number of thiophene rings is 1. The Labute approximate surface area is 260 Å². The van der Waals surface area contributed by atoms with Gasteiger partial charge in [0, 0.05) is 48.3 Å². The lowest BCUT2D eigenvalue weighted by molar-refractivity contribution is 0.669. The minimum absolute atomic E-state index is 0.898. The second-order valence-electron chi connectivity index (χ2n) is 11.4. The van der Waals surface area contributed by atoms with Gasteiger partial charge in [0.05, 0.1) is 15.9 Å². The third-order valence-corrected chi connectivity index (χ3v) is 9.98. The lowest BCUT2D eigenvalue weighted by Gasteiger charge is -2.07. The van der Waals surface area contributed by atoms with Crippen LogP contribution in [0.4, 0.5) is 0 Å². The number of benzene rings is 6. The van der Waals surface area contributed by atoms with Crippen LogP contribution < -0.4 is 0 Å². The van der Waals surface area contributed by atoms with E-state index in [2.05, 4.69) is 103 Å². The van der Waals surface area contributed by atoms with E-state index < -0.39 is 0 Å². The summed E-state index contributed by atoms with van der Waals surface area (Å²) in [5, 5.41) is 5.63. The molecule has 0 bridgehead atoms. The summed E-state index contributed by atoms with van der Waals surface area (Å²) < 4.78 is 15.0. The van der Waals surface area contributed by atoms with Crippen molar-refractivity contribution >= 4 is 75.5 Å². The van der Waals surface area contributed by atoms with Crippen LogP contribution in [-0.2, 0) is 0 Å². The molecule has 0 aliphatic rings. The first-order valence-electron chi connectivity index (χ1n) is 14.9. The summed E-state index contributed by atoms with van der Waals surface area (Å²) in [5.74, 6) is 0. The summed E-state index contributed by atoms with van der Waals surface area (Å²) in [6, 6.07) is 44.3. The monoisotopic (exact) mass is 594 g/mol. The first kappa shape index (κ1) is 24.6. The molecule has 0 N–H and O–H groups in total. The molecule has 45 heavy (non-hydrogen) atoms. The number of rotatable bonds is 3. The Balaban J connectivity index is 1.12. The Bertz CT molecular complexity index is 2780. The predicted octanol–water partition coefficient (Wildman–Crippen LogP) is 11.6. The predicted molar refractivity (Wildman–Crippen MR) is 186 cm³/mol. The van der Waals surface area contributed by atoms with E-state index in [0.29, 0.717) is 0 Å². The molecule has 0 unspecified atom stereocenters. The number of aromatic nitrogens is 2. The summed E-state index contributed by atoms with van der Waals surface area (Å²) in [6.07, 6.45) is 1.68. The molecule has 0 atom stereocenters. The normalized spacial score (nSPS) is 12.0. The second kappa shape index (κ2) is 9.36. The van der Waals surface area contributed by atoms with Crippen LogP contribution in [0.2, 0.25) is 0 Å². The molecule has 0 aliphatic heterocycles. The summed E-state index contributed by atoms with van der Waals surface area (Å²) in [4.78, 5) is 9.60. The highest BCUT2D eigenvalue weighted by Crippen LogP contribution is 2.42. The average Bonchev–Trinajstić information content (AvgIpc) is 3.79. The van der Waals surface area contributed by atoms with Gasteiger partial charge < -0.3 is 8.83 Å². The van der Waals surface area contributed by atoms with E-state index >= 15 is 0 Å². The molecule has 0 saturated heterocycles. The molecule has 4 heterocycles. The molecular formula is C40H22N2O2S. The molecule has 5 heteroatoms. The van der Waals surface area contributed by atoms with E-state index in [-0.39, 0.29) is 0 Å². The third-order valence-electron chi connectivity index (χ3n) is 8.82. The highest BCUT2D eigenvalue weighted by atomic mass is 32.1. The fraction of sp³-hybridized carbons (Fsp3) is 0. The van der Waals surface area contributed by atoms with Crippen LogP contribution in [0.3, 0.4) is 0 Å². The molecule has 10 aromatic rings. The van der Waals surface area contributed by atoms with Crippen LogP contribution in [-0.4, -0.2) is 9.97 Å². The van der Waals surface area contributed by atoms with E-state index in [4.69, 9.17) is 18.8 Å². The molecular weight excluding hydrogens is 573 g/mol. The molecule has 6 aromatic carbocycles. The van der Waals surface area contributed by atoms with Crippen LogP contribution in [0.25, 0.3) is 97.7 Å². The van der Waals surface area contributed by atoms with Gasteiger partial charge in [0.15, 0.2) is 0 Å². The lowest BCUT2D eigenvalue weighted by atomic mass is 9.99. The van der Waals surface area contributed by atoms with Gasteiger partial charge in [0.25, 0.3) is 0 Å². The number of hydrogen-bond donors (Lipinski definition) is 0. The second-order valence-corrected chi connectivity index (χ2v) is 12.4. The summed E-state index contributed by atoms with van der Waals surface area (Å²) in [6.45, 7) is 0. The Morgan fingerprint density at radius 2 is 1.07 bits per heavy atom. The smallest absolute Gasteiger partial charge is 0.143 e. The van der Waals surface area contributed by atoms with Crippen molar-refractivity contribution in [3.63, 3.8) is 0 Å². The van der Waals surface area contributed by atoms with Crippen molar-refractivity contribution in [1.29, 1.82) is 0 Å². The van der Waals surface area contributed by atoms with Gasteiger partial charge in [-0.1, -0.05) is 97.1 Å². The molecule has 0 fully saturated rings.